The molecule has 5 fully saturated rings. The van der Waals surface area contributed by atoms with E-state index in [-0.39, 0.29) is 10.3 Å². The molecule has 1 aromatic rings. The number of hydrogen-bond acceptors (Lipinski definition) is 2. The molecule has 6 rings (SSSR count). The molecule has 1 aliphatic heterocycles. The van der Waals surface area contributed by atoms with E-state index in [0.29, 0.717) is 23.8 Å². The second-order valence-electron chi connectivity index (χ2n) is 9.90. The number of carbonyl (C=O) groups is 1. The monoisotopic (exact) mass is 386 g/mol. The molecule has 0 radical (unpaired) electrons. The number of nitrogens with one attached hydrogen (secondary N) is 1. The molecule has 1 amide bonds. The van der Waals surface area contributed by atoms with Crippen LogP contribution in [-0.2, 0) is 11.3 Å². The first kappa shape index (κ1) is 18.0. The summed E-state index contributed by atoms with van der Waals surface area (Å²) in [5.74, 6) is 1.69. The molecule has 146 valence electrons. The average molecular weight is 387 g/mol. The zero-order chi connectivity index (χ0) is 18.5. The van der Waals surface area contributed by atoms with E-state index in [2.05, 4.69) is 40.5 Å². The van der Waals surface area contributed by atoms with Crippen LogP contribution < -0.4 is 5.32 Å². The molecule has 4 aliphatic carbocycles. The number of piperidine rings is 1. The Morgan fingerprint density at radius 1 is 1.07 bits per heavy atom. The van der Waals surface area contributed by atoms with Gasteiger partial charge in [-0.2, -0.15) is 0 Å². The SMILES string of the molecule is O=C(NC1CCN(Cc2ccccc2)CC1)C12C[C@H]3C[C@@H](CC(Cl)(C3)C1)C2. The summed E-state index contributed by atoms with van der Waals surface area (Å²) in [6.45, 7) is 3.15. The van der Waals surface area contributed by atoms with Crippen molar-refractivity contribution in [2.24, 2.45) is 17.3 Å². The summed E-state index contributed by atoms with van der Waals surface area (Å²) < 4.78 is 0. The zero-order valence-electron chi connectivity index (χ0n) is 16.1. The van der Waals surface area contributed by atoms with Gasteiger partial charge in [0.2, 0.25) is 5.91 Å². The standard InChI is InChI=1S/C23H31ClN2O/c24-23-13-18-10-19(14-23)12-22(11-18,16-23)21(27)25-20-6-8-26(9-7-20)15-17-4-2-1-3-5-17/h1-5,18-20H,6-16H2,(H,25,27)/t18-,19-,22?,23?/m1/s1. The van der Waals surface area contributed by atoms with E-state index in [0.717, 1.165) is 64.6 Å². The summed E-state index contributed by atoms with van der Waals surface area (Å²) in [5.41, 5.74) is 1.22. The lowest BCUT2D eigenvalue weighted by Crippen LogP contribution is -2.60. The second-order valence-corrected chi connectivity index (χ2v) is 10.7. The van der Waals surface area contributed by atoms with Crippen LogP contribution in [-0.4, -0.2) is 34.8 Å². The van der Waals surface area contributed by atoms with Crippen molar-refractivity contribution < 1.29 is 4.79 Å². The van der Waals surface area contributed by atoms with E-state index in [1.807, 2.05) is 0 Å². The van der Waals surface area contributed by atoms with Gasteiger partial charge < -0.3 is 5.32 Å². The van der Waals surface area contributed by atoms with Gasteiger partial charge in [0.25, 0.3) is 0 Å². The maximum absolute atomic E-state index is 13.3. The molecule has 0 aromatic heterocycles. The molecule has 2 atom stereocenters. The van der Waals surface area contributed by atoms with Crippen LogP contribution in [0, 0.1) is 17.3 Å². The number of rotatable bonds is 4. The average Bonchev–Trinajstić information content (AvgIpc) is 2.62. The predicted molar refractivity (Wildman–Crippen MR) is 109 cm³/mol. The highest BCUT2D eigenvalue weighted by Gasteiger charge is 2.60. The van der Waals surface area contributed by atoms with Gasteiger partial charge >= 0.3 is 0 Å². The molecule has 1 saturated heterocycles. The highest BCUT2D eigenvalue weighted by Crippen LogP contribution is 2.63. The Bertz CT molecular complexity index is 684. The van der Waals surface area contributed by atoms with E-state index >= 15 is 0 Å². The van der Waals surface area contributed by atoms with Gasteiger partial charge in [-0.15, -0.1) is 11.6 Å². The Morgan fingerprint density at radius 3 is 2.37 bits per heavy atom. The van der Waals surface area contributed by atoms with E-state index in [1.54, 1.807) is 0 Å². The van der Waals surface area contributed by atoms with Crippen molar-refractivity contribution in [3.63, 3.8) is 0 Å². The maximum atomic E-state index is 13.3. The molecule has 3 nitrogen and oxygen atoms in total. The molecule has 1 aromatic carbocycles. The normalized spacial score (nSPS) is 38.9. The third-order valence-corrected chi connectivity index (χ3v) is 8.09. The fourth-order valence-electron chi connectivity index (χ4n) is 6.83. The molecule has 0 unspecified atom stereocenters. The minimum Gasteiger partial charge on any atom is -0.353 e. The summed E-state index contributed by atoms with van der Waals surface area (Å²) in [4.78, 5) is 15.7. The van der Waals surface area contributed by atoms with Crippen molar-refractivity contribution in [2.75, 3.05) is 13.1 Å². The van der Waals surface area contributed by atoms with Gasteiger partial charge in [-0.05, 0) is 68.8 Å². The van der Waals surface area contributed by atoms with Gasteiger partial charge in [-0.25, -0.2) is 0 Å². The lowest BCUT2D eigenvalue weighted by molar-refractivity contribution is -0.145. The minimum absolute atomic E-state index is 0.0829. The lowest BCUT2D eigenvalue weighted by atomic mass is 9.49. The van der Waals surface area contributed by atoms with E-state index in [9.17, 15) is 4.79 Å². The number of carbonyl (C=O) groups excluding carboxylic acids is 1. The lowest BCUT2D eigenvalue weighted by Gasteiger charge is -2.59. The number of benzene rings is 1. The van der Waals surface area contributed by atoms with Crippen LogP contribution in [0.4, 0.5) is 0 Å². The van der Waals surface area contributed by atoms with Crippen LogP contribution in [0.2, 0.25) is 0 Å². The molecular weight excluding hydrogens is 356 g/mol. The Kier molecular flexibility index (Phi) is 4.52. The van der Waals surface area contributed by atoms with Gasteiger partial charge in [0.15, 0.2) is 0 Å². The maximum Gasteiger partial charge on any atom is 0.226 e. The van der Waals surface area contributed by atoms with Gasteiger partial charge in [0.1, 0.15) is 0 Å². The molecule has 4 bridgehead atoms. The number of nitrogens with zero attached hydrogens (tertiary/aromatic N) is 1. The van der Waals surface area contributed by atoms with Crippen molar-refractivity contribution in [1.82, 2.24) is 10.2 Å². The summed E-state index contributed by atoms with van der Waals surface area (Å²) >= 11 is 6.92. The fraction of sp³-hybridized carbons (Fsp3) is 0.696. The van der Waals surface area contributed by atoms with Crippen LogP contribution in [0.5, 0.6) is 0 Å². The third kappa shape index (κ3) is 3.53. The van der Waals surface area contributed by atoms with Crippen molar-refractivity contribution in [3.8, 4) is 0 Å². The number of hydrogen-bond donors (Lipinski definition) is 1. The van der Waals surface area contributed by atoms with Crippen LogP contribution in [0.1, 0.15) is 56.9 Å². The van der Waals surface area contributed by atoms with Crippen molar-refractivity contribution in [3.05, 3.63) is 35.9 Å². The number of halogens is 1. The first-order valence-electron chi connectivity index (χ1n) is 10.8. The Labute approximate surface area is 167 Å². The first-order chi connectivity index (χ1) is 13.0. The topological polar surface area (TPSA) is 32.3 Å². The largest absolute Gasteiger partial charge is 0.353 e. The van der Waals surface area contributed by atoms with Crippen LogP contribution in [0.15, 0.2) is 30.3 Å². The van der Waals surface area contributed by atoms with Gasteiger partial charge in [-0.3, -0.25) is 9.69 Å². The summed E-state index contributed by atoms with van der Waals surface area (Å²) in [7, 11) is 0. The Morgan fingerprint density at radius 2 is 1.74 bits per heavy atom. The van der Waals surface area contributed by atoms with Gasteiger partial charge in [0, 0.05) is 30.6 Å². The Balaban J connectivity index is 1.17. The molecule has 1 heterocycles. The second kappa shape index (κ2) is 6.77. The molecule has 5 aliphatic rings. The van der Waals surface area contributed by atoms with Crippen molar-refractivity contribution in [2.45, 2.75) is 68.8 Å². The van der Waals surface area contributed by atoms with E-state index in [4.69, 9.17) is 11.6 Å². The number of amides is 1. The summed E-state index contributed by atoms with van der Waals surface area (Å²) in [6.07, 6.45) is 8.78. The van der Waals surface area contributed by atoms with Crippen LogP contribution >= 0.6 is 11.6 Å². The Hall–Kier alpha value is -1.06. The molecular formula is C23H31ClN2O. The summed E-state index contributed by atoms with van der Waals surface area (Å²) in [5, 5.41) is 3.45. The van der Waals surface area contributed by atoms with Crippen molar-refractivity contribution >= 4 is 17.5 Å². The molecule has 0 spiro atoms. The molecule has 27 heavy (non-hydrogen) atoms. The molecule has 4 heteroatoms. The fourth-order valence-corrected chi connectivity index (χ4v) is 7.52. The van der Waals surface area contributed by atoms with E-state index in [1.165, 1.54) is 12.0 Å². The first-order valence-corrected chi connectivity index (χ1v) is 11.2. The van der Waals surface area contributed by atoms with Gasteiger partial charge in [-0.1, -0.05) is 30.3 Å². The molecule has 4 saturated carbocycles. The van der Waals surface area contributed by atoms with Crippen LogP contribution in [0.3, 0.4) is 0 Å². The zero-order valence-corrected chi connectivity index (χ0v) is 16.9. The summed E-state index contributed by atoms with van der Waals surface area (Å²) in [6, 6.07) is 11.0. The third-order valence-electron chi connectivity index (χ3n) is 7.64. The quantitative estimate of drug-likeness (QED) is 0.780. The number of alkyl halides is 1. The molecule has 1 N–H and O–H groups in total. The minimum atomic E-state index is -0.160. The van der Waals surface area contributed by atoms with Crippen LogP contribution in [0.25, 0.3) is 0 Å². The van der Waals surface area contributed by atoms with Crippen molar-refractivity contribution in [1.29, 1.82) is 0 Å². The van der Waals surface area contributed by atoms with Gasteiger partial charge in [0.05, 0.1) is 5.41 Å². The van der Waals surface area contributed by atoms with E-state index < -0.39 is 0 Å². The highest BCUT2D eigenvalue weighted by atomic mass is 35.5. The smallest absolute Gasteiger partial charge is 0.226 e. The predicted octanol–water partition coefficient (Wildman–Crippen LogP) is 4.35. The highest BCUT2D eigenvalue weighted by molar-refractivity contribution is 6.24. The number of likely N-dealkylation sites (tertiary alicyclic amines) is 1.